The molecule has 14 heavy (non-hydrogen) atoms. The lowest BCUT2D eigenvalue weighted by atomic mass is 9.96. The van der Waals surface area contributed by atoms with Gasteiger partial charge in [0.25, 0.3) is 0 Å². The standard InChI is InChI=1S/C12H14ClN/c1-9-5-6-12(14-8-9)10-3-2-4-11(13)7-10/h2-4,7,9H,5-6,8H2,1H3/t9-/m0/s1. The summed E-state index contributed by atoms with van der Waals surface area (Å²) in [4.78, 5) is 4.58. The Hall–Kier alpha value is -0.820. The van der Waals surface area contributed by atoms with Crippen molar-refractivity contribution in [2.75, 3.05) is 6.54 Å². The molecule has 0 fully saturated rings. The van der Waals surface area contributed by atoms with Gasteiger partial charge in [0.1, 0.15) is 0 Å². The van der Waals surface area contributed by atoms with Crippen molar-refractivity contribution in [2.45, 2.75) is 19.8 Å². The highest BCUT2D eigenvalue weighted by molar-refractivity contribution is 6.31. The summed E-state index contributed by atoms with van der Waals surface area (Å²) in [5.74, 6) is 0.734. The SMILES string of the molecule is C[C@H]1CCC(c2cccc(Cl)c2)=NC1. The van der Waals surface area contributed by atoms with Gasteiger partial charge in [-0.2, -0.15) is 0 Å². The molecule has 0 aromatic heterocycles. The summed E-state index contributed by atoms with van der Waals surface area (Å²) in [6, 6.07) is 7.96. The van der Waals surface area contributed by atoms with Crippen molar-refractivity contribution in [3.63, 3.8) is 0 Å². The first-order valence-electron chi connectivity index (χ1n) is 5.05. The molecule has 0 N–H and O–H groups in total. The van der Waals surface area contributed by atoms with E-state index in [9.17, 15) is 0 Å². The van der Waals surface area contributed by atoms with Crippen LogP contribution >= 0.6 is 11.6 Å². The Balaban J connectivity index is 2.23. The molecule has 74 valence electrons. The minimum atomic E-state index is 0.734. The van der Waals surface area contributed by atoms with Crippen LogP contribution in [0.2, 0.25) is 5.02 Å². The van der Waals surface area contributed by atoms with Gasteiger partial charge in [-0.3, -0.25) is 4.99 Å². The van der Waals surface area contributed by atoms with Crippen molar-refractivity contribution in [3.8, 4) is 0 Å². The van der Waals surface area contributed by atoms with Crippen molar-refractivity contribution in [2.24, 2.45) is 10.9 Å². The summed E-state index contributed by atoms with van der Waals surface area (Å²) < 4.78 is 0. The molecule has 0 radical (unpaired) electrons. The Morgan fingerprint density at radius 2 is 2.29 bits per heavy atom. The third kappa shape index (κ3) is 2.16. The van der Waals surface area contributed by atoms with Gasteiger partial charge in [0.15, 0.2) is 0 Å². The molecule has 2 rings (SSSR count). The van der Waals surface area contributed by atoms with Gasteiger partial charge < -0.3 is 0 Å². The van der Waals surface area contributed by atoms with Crippen LogP contribution in [0.15, 0.2) is 29.3 Å². The molecule has 0 saturated heterocycles. The highest BCUT2D eigenvalue weighted by Gasteiger charge is 2.12. The third-order valence-corrected chi connectivity index (χ3v) is 2.86. The molecule has 1 aromatic rings. The number of rotatable bonds is 1. The van der Waals surface area contributed by atoms with E-state index >= 15 is 0 Å². The summed E-state index contributed by atoms with van der Waals surface area (Å²) in [5, 5.41) is 0.795. The molecule has 0 saturated carbocycles. The predicted molar refractivity (Wildman–Crippen MR) is 61.3 cm³/mol. The average molecular weight is 208 g/mol. The summed E-state index contributed by atoms with van der Waals surface area (Å²) in [5.41, 5.74) is 2.40. The van der Waals surface area contributed by atoms with Crippen molar-refractivity contribution >= 4 is 17.3 Å². The fraction of sp³-hybridized carbons (Fsp3) is 0.417. The van der Waals surface area contributed by atoms with Gasteiger partial charge >= 0.3 is 0 Å². The number of benzene rings is 1. The second-order valence-electron chi connectivity index (χ2n) is 3.94. The molecule has 1 nitrogen and oxygen atoms in total. The second kappa shape index (κ2) is 4.14. The first-order chi connectivity index (χ1) is 6.75. The molecule has 0 spiro atoms. The van der Waals surface area contributed by atoms with Crippen molar-refractivity contribution in [1.82, 2.24) is 0 Å². The quantitative estimate of drug-likeness (QED) is 0.668. The first-order valence-corrected chi connectivity index (χ1v) is 5.43. The molecule has 0 unspecified atom stereocenters. The maximum absolute atomic E-state index is 5.94. The van der Waals surface area contributed by atoms with Crippen LogP contribution in [0.5, 0.6) is 0 Å². The largest absolute Gasteiger partial charge is 0.289 e. The molecule has 2 heteroatoms. The molecule has 0 aliphatic carbocycles. The summed E-state index contributed by atoms with van der Waals surface area (Å²) in [6.45, 7) is 3.21. The maximum atomic E-state index is 5.94. The molecule has 1 heterocycles. The zero-order valence-corrected chi connectivity index (χ0v) is 9.09. The fourth-order valence-corrected chi connectivity index (χ4v) is 1.91. The van der Waals surface area contributed by atoms with Crippen LogP contribution < -0.4 is 0 Å². The minimum absolute atomic E-state index is 0.734. The summed E-state index contributed by atoms with van der Waals surface area (Å²) in [6.07, 6.45) is 2.33. The molecular formula is C12H14ClN. The van der Waals surface area contributed by atoms with E-state index in [2.05, 4.69) is 18.0 Å². The molecule has 0 amide bonds. The van der Waals surface area contributed by atoms with Crippen molar-refractivity contribution in [3.05, 3.63) is 34.9 Å². The van der Waals surface area contributed by atoms with Gasteiger partial charge in [-0.05, 0) is 36.5 Å². The van der Waals surface area contributed by atoms with Gasteiger partial charge in [0.05, 0.1) is 0 Å². The zero-order chi connectivity index (χ0) is 9.97. The van der Waals surface area contributed by atoms with E-state index in [0.717, 1.165) is 23.9 Å². The number of halogens is 1. The Labute approximate surface area is 89.8 Å². The van der Waals surface area contributed by atoms with Gasteiger partial charge in [0, 0.05) is 17.3 Å². The van der Waals surface area contributed by atoms with Crippen LogP contribution in [-0.2, 0) is 0 Å². The second-order valence-corrected chi connectivity index (χ2v) is 4.38. The third-order valence-electron chi connectivity index (χ3n) is 2.63. The minimum Gasteiger partial charge on any atom is -0.289 e. The lowest BCUT2D eigenvalue weighted by Crippen LogP contribution is -2.14. The molecule has 1 aromatic carbocycles. The summed E-state index contributed by atoms with van der Waals surface area (Å²) in [7, 11) is 0. The van der Waals surface area contributed by atoms with Crippen LogP contribution in [0.4, 0.5) is 0 Å². The van der Waals surface area contributed by atoms with Gasteiger partial charge in [-0.25, -0.2) is 0 Å². The smallest absolute Gasteiger partial charge is 0.0421 e. The van der Waals surface area contributed by atoms with Crippen LogP contribution in [0, 0.1) is 5.92 Å². The van der Waals surface area contributed by atoms with Crippen LogP contribution in [0.1, 0.15) is 25.3 Å². The Morgan fingerprint density at radius 3 is 2.93 bits per heavy atom. The predicted octanol–water partition coefficient (Wildman–Crippen LogP) is 3.56. The Morgan fingerprint density at radius 1 is 1.43 bits per heavy atom. The normalized spacial score (nSPS) is 21.9. The van der Waals surface area contributed by atoms with E-state index in [1.165, 1.54) is 17.7 Å². The lowest BCUT2D eigenvalue weighted by molar-refractivity contribution is 0.538. The van der Waals surface area contributed by atoms with Gasteiger partial charge in [-0.15, -0.1) is 0 Å². The summed E-state index contributed by atoms with van der Waals surface area (Å²) >= 11 is 5.94. The Bertz CT molecular complexity index is 357. The molecular weight excluding hydrogens is 194 g/mol. The van der Waals surface area contributed by atoms with Gasteiger partial charge in [-0.1, -0.05) is 30.7 Å². The topological polar surface area (TPSA) is 12.4 Å². The van der Waals surface area contributed by atoms with Crippen LogP contribution in [0.25, 0.3) is 0 Å². The number of nitrogens with zero attached hydrogens (tertiary/aromatic N) is 1. The number of aliphatic imine (C=N–C) groups is 1. The number of hydrogen-bond donors (Lipinski definition) is 0. The van der Waals surface area contributed by atoms with Crippen LogP contribution in [0.3, 0.4) is 0 Å². The van der Waals surface area contributed by atoms with E-state index in [1.54, 1.807) is 0 Å². The highest BCUT2D eigenvalue weighted by atomic mass is 35.5. The van der Waals surface area contributed by atoms with Crippen molar-refractivity contribution in [1.29, 1.82) is 0 Å². The molecule has 1 atom stereocenters. The van der Waals surface area contributed by atoms with Crippen LogP contribution in [-0.4, -0.2) is 12.3 Å². The zero-order valence-electron chi connectivity index (χ0n) is 8.33. The fourth-order valence-electron chi connectivity index (χ4n) is 1.72. The first kappa shape index (κ1) is 9.72. The lowest BCUT2D eigenvalue weighted by Gasteiger charge is -2.17. The van der Waals surface area contributed by atoms with E-state index in [1.807, 2.05) is 18.2 Å². The molecule has 1 aliphatic rings. The average Bonchev–Trinajstić information content (AvgIpc) is 2.19. The van der Waals surface area contributed by atoms with Gasteiger partial charge in [0.2, 0.25) is 0 Å². The molecule has 0 bridgehead atoms. The monoisotopic (exact) mass is 207 g/mol. The maximum Gasteiger partial charge on any atom is 0.0421 e. The highest BCUT2D eigenvalue weighted by Crippen LogP contribution is 2.19. The van der Waals surface area contributed by atoms with E-state index < -0.39 is 0 Å². The Kier molecular flexibility index (Phi) is 2.87. The van der Waals surface area contributed by atoms with E-state index in [4.69, 9.17) is 11.6 Å². The molecule has 1 aliphatic heterocycles. The number of hydrogen-bond acceptors (Lipinski definition) is 1. The van der Waals surface area contributed by atoms with E-state index in [-0.39, 0.29) is 0 Å². The van der Waals surface area contributed by atoms with Crippen molar-refractivity contribution < 1.29 is 0 Å². The van der Waals surface area contributed by atoms with E-state index in [0.29, 0.717) is 0 Å².